The van der Waals surface area contributed by atoms with E-state index in [1.807, 2.05) is 19.1 Å². The molecule has 1 aromatic rings. The Labute approximate surface area is 176 Å². The molecule has 2 fully saturated rings. The first-order valence-electron chi connectivity index (χ1n) is 10.3. The molecule has 1 saturated heterocycles. The van der Waals surface area contributed by atoms with Crippen molar-refractivity contribution < 1.29 is 21.6 Å². The van der Waals surface area contributed by atoms with Gasteiger partial charge < -0.3 is 10.6 Å². The molecule has 6 nitrogen and oxygen atoms in total. The van der Waals surface area contributed by atoms with Crippen LogP contribution in [0.25, 0.3) is 0 Å². The van der Waals surface area contributed by atoms with E-state index < -0.39 is 15.5 Å². The Hall–Kier alpha value is -1.81. The normalized spacial score (nSPS) is 20.8. The molecular formula is C20H29F3N4O2S. The highest BCUT2D eigenvalue weighted by atomic mass is 32.2. The third-order valence-electron chi connectivity index (χ3n) is 5.88. The van der Waals surface area contributed by atoms with Gasteiger partial charge >= 0.3 is 15.5 Å². The number of piperidine rings is 1. The van der Waals surface area contributed by atoms with Crippen molar-refractivity contribution in [3.63, 3.8) is 0 Å². The third-order valence-corrected chi connectivity index (χ3v) is 7.51. The molecule has 1 aliphatic carbocycles. The zero-order valence-corrected chi connectivity index (χ0v) is 18.1. The minimum Gasteiger partial charge on any atom is -0.357 e. The Morgan fingerprint density at radius 1 is 1.23 bits per heavy atom. The van der Waals surface area contributed by atoms with Gasteiger partial charge in [-0.1, -0.05) is 24.3 Å². The van der Waals surface area contributed by atoms with Gasteiger partial charge in [-0.25, -0.2) is 8.42 Å². The summed E-state index contributed by atoms with van der Waals surface area (Å²) in [6.07, 6.45) is 2.74. The molecule has 2 N–H and O–H groups in total. The molecular weight excluding hydrogens is 417 g/mol. The summed E-state index contributed by atoms with van der Waals surface area (Å²) in [5, 5.41) is 6.46. The van der Waals surface area contributed by atoms with Crippen LogP contribution in [0.1, 0.15) is 43.7 Å². The third kappa shape index (κ3) is 4.91. The van der Waals surface area contributed by atoms with Gasteiger partial charge in [-0.2, -0.15) is 17.5 Å². The van der Waals surface area contributed by atoms with Crippen LogP contribution in [0.2, 0.25) is 0 Å². The van der Waals surface area contributed by atoms with Crippen LogP contribution >= 0.6 is 0 Å². The fraction of sp³-hybridized carbons (Fsp3) is 0.650. The highest BCUT2D eigenvalue weighted by Gasteiger charge is 2.50. The predicted octanol–water partition coefficient (Wildman–Crippen LogP) is 2.90. The van der Waals surface area contributed by atoms with Gasteiger partial charge in [0.15, 0.2) is 5.96 Å². The summed E-state index contributed by atoms with van der Waals surface area (Å²) in [5.41, 5.74) is -2.63. The lowest BCUT2D eigenvalue weighted by molar-refractivity contribution is -0.0494. The quantitative estimate of drug-likeness (QED) is 0.521. The Morgan fingerprint density at radius 3 is 2.40 bits per heavy atom. The van der Waals surface area contributed by atoms with Crippen LogP contribution in [0.5, 0.6) is 0 Å². The van der Waals surface area contributed by atoms with Crippen molar-refractivity contribution >= 4 is 16.0 Å². The molecule has 0 bridgehead atoms. The Bertz CT molecular complexity index is 874. The summed E-state index contributed by atoms with van der Waals surface area (Å²) in [6.45, 7) is 5.02. The lowest BCUT2D eigenvalue weighted by Crippen LogP contribution is -2.51. The van der Waals surface area contributed by atoms with Crippen molar-refractivity contribution in [1.29, 1.82) is 0 Å². The van der Waals surface area contributed by atoms with Gasteiger partial charge in [0, 0.05) is 31.1 Å². The van der Waals surface area contributed by atoms with Crippen LogP contribution in [0.3, 0.4) is 0 Å². The SMILES string of the molecule is CCNC(=NCC1(c2ccccc2C)CC1)NC1CCN(S(=O)(=O)C(F)(F)F)CC1. The van der Waals surface area contributed by atoms with Gasteiger partial charge in [-0.15, -0.1) is 0 Å². The van der Waals surface area contributed by atoms with Gasteiger partial charge in [-0.05, 0) is 50.7 Å². The van der Waals surface area contributed by atoms with Crippen LogP contribution in [0.15, 0.2) is 29.3 Å². The molecule has 2 aliphatic rings. The van der Waals surface area contributed by atoms with Crippen LogP contribution in [0.4, 0.5) is 13.2 Å². The molecule has 0 amide bonds. The zero-order valence-electron chi connectivity index (χ0n) is 17.3. The summed E-state index contributed by atoms with van der Waals surface area (Å²) in [5.74, 6) is 0.620. The summed E-state index contributed by atoms with van der Waals surface area (Å²) in [6, 6.07) is 8.18. The first kappa shape index (κ1) is 22.9. The number of halogens is 3. The van der Waals surface area contributed by atoms with E-state index in [1.54, 1.807) is 0 Å². The van der Waals surface area contributed by atoms with Crippen molar-refractivity contribution in [1.82, 2.24) is 14.9 Å². The van der Waals surface area contributed by atoms with E-state index in [9.17, 15) is 21.6 Å². The molecule has 168 valence electrons. The second-order valence-corrected chi connectivity index (χ2v) is 9.99. The van der Waals surface area contributed by atoms with E-state index in [1.165, 1.54) is 11.1 Å². The summed E-state index contributed by atoms with van der Waals surface area (Å²) < 4.78 is 61.9. The van der Waals surface area contributed by atoms with E-state index in [4.69, 9.17) is 4.99 Å². The molecule has 1 aliphatic heterocycles. The number of guanidine groups is 1. The second kappa shape index (κ2) is 8.74. The minimum absolute atomic E-state index is 0.0534. The highest BCUT2D eigenvalue weighted by Crippen LogP contribution is 2.49. The van der Waals surface area contributed by atoms with Crippen molar-refractivity contribution in [2.75, 3.05) is 26.2 Å². The fourth-order valence-electron chi connectivity index (χ4n) is 3.96. The van der Waals surface area contributed by atoms with E-state index >= 15 is 0 Å². The average Bonchev–Trinajstić information content (AvgIpc) is 3.47. The smallest absolute Gasteiger partial charge is 0.357 e. The second-order valence-electron chi connectivity index (χ2n) is 8.06. The fourth-order valence-corrected chi connectivity index (χ4v) is 4.95. The van der Waals surface area contributed by atoms with E-state index in [0.717, 1.165) is 12.8 Å². The number of rotatable bonds is 6. The number of hydrogen-bond donors (Lipinski definition) is 2. The van der Waals surface area contributed by atoms with Gasteiger partial charge in [-0.3, -0.25) is 4.99 Å². The molecule has 0 unspecified atom stereocenters. The van der Waals surface area contributed by atoms with Gasteiger partial charge in [0.25, 0.3) is 0 Å². The molecule has 1 saturated carbocycles. The number of sulfonamides is 1. The van der Waals surface area contributed by atoms with E-state index in [0.29, 0.717) is 36.2 Å². The van der Waals surface area contributed by atoms with Crippen molar-refractivity contribution in [2.45, 2.75) is 56.5 Å². The average molecular weight is 447 g/mol. The molecule has 0 atom stereocenters. The Kier molecular flexibility index (Phi) is 6.66. The number of aryl methyl sites for hydroxylation is 1. The first-order valence-corrected chi connectivity index (χ1v) is 11.7. The number of aliphatic imine (C=N–C) groups is 1. The van der Waals surface area contributed by atoms with Crippen molar-refractivity contribution in [2.24, 2.45) is 4.99 Å². The van der Waals surface area contributed by atoms with Crippen LogP contribution < -0.4 is 10.6 Å². The largest absolute Gasteiger partial charge is 0.511 e. The molecule has 10 heteroatoms. The van der Waals surface area contributed by atoms with Gasteiger partial charge in [0.2, 0.25) is 0 Å². The van der Waals surface area contributed by atoms with Gasteiger partial charge in [0.05, 0.1) is 6.54 Å². The van der Waals surface area contributed by atoms with Crippen LogP contribution in [-0.2, 0) is 15.4 Å². The van der Waals surface area contributed by atoms with E-state index in [2.05, 4.69) is 29.7 Å². The van der Waals surface area contributed by atoms with Gasteiger partial charge in [0.1, 0.15) is 0 Å². The van der Waals surface area contributed by atoms with Crippen LogP contribution in [0, 0.1) is 6.92 Å². The first-order chi connectivity index (χ1) is 14.1. The summed E-state index contributed by atoms with van der Waals surface area (Å²) in [4.78, 5) is 4.75. The number of nitrogens with zero attached hydrogens (tertiary/aromatic N) is 2. The van der Waals surface area contributed by atoms with Crippen molar-refractivity contribution in [3.8, 4) is 0 Å². The highest BCUT2D eigenvalue weighted by molar-refractivity contribution is 7.90. The zero-order chi connectivity index (χ0) is 22.0. The number of alkyl halides is 3. The van der Waals surface area contributed by atoms with E-state index in [-0.39, 0.29) is 24.5 Å². The monoisotopic (exact) mass is 446 g/mol. The summed E-state index contributed by atoms with van der Waals surface area (Å²) >= 11 is 0. The Balaban J connectivity index is 1.61. The Morgan fingerprint density at radius 2 is 1.87 bits per heavy atom. The number of nitrogens with one attached hydrogen (secondary N) is 2. The molecule has 30 heavy (non-hydrogen) atoms. The molecule has 1 heterocycles. The number of benzene rings is 1. The number of hydrogen-bond acceptors (Lipinski definition) is 3. The maximum Gasteiger partial charge on any atom is 0.511 e. The van der Waals surface area contributed by atoms with Crippen LogP contribution in [-0.4, -0.2) is 56.4 Å². The topological polar surface area (TPSA) is 73.8 Å². The molecule has 0 aromatic heterocycles. The standard InChI is InChI=1S/C20H29F3N4O2S/c1-3-24-18(25-14-19(10-11-19)17-7-5-4-6-15(17)2)26-16-8-12-27(13-9-16)30(28,29)20(21,22)23/h4-7,16H,3,8-14H2,1-2H3,(H2,24,25,26). The van der Waals surface area contributed by atoms with Crippen molar-refractivity contribution in [3.05, 3.63) is 35.4 Å². The molecule has 1 aromatic carbocycles. The lowest BCUT2D eigenvalue weighted by atomic mass is 9.92. The minimum atomic E-state index is -5.26. The maximum atomic E-state index is 12.7. The summed E-state index contributed by atoms with van der Waals surface area (Å²) in [7, 11) is -5.26. The maximum absolute atomic E-state index is 12.7. The molecule has 0 radical (unpaired) electrons. The molecule has 3 rings (SSSR count). The molecule has 0 spiro atoms. The predicted molar refractivity (Wildman–Crippen MR) is 111 cm³/mol. The lowest BCUT2D eigenvalue weighted by Gasteiger charge is -2.32.